The van der Waals surface area contributed by atoms with E-state index in [-0.39, 0.29) is 29.4 Å². The molecule has 6 heteroatoms. The average Bonchev–Trinajstić information content (AvgIpc) is 2.47. The van der Waals surface area contributed by atoms with E-state index in [1.807, 2.05) is 18.7 Å². The lowest BCUT2D eigenvalue weighted by Crippen LogP contribution is -2.51. The van der Waals surface area contributed by atoms with Gasteiger partial charge in [0.1, 0.15) is 0 Å². The fourth-order valence-electron chi connectivity index (χ4n) is 3.01. The number of ether oxygens (including phenoxy) is 1. The molecule has 0 aromatic heterocycles. The molecule has 0 aliphatic carbocycles. The third kappa shape index (κ3) is 3.37. The molecule has 120 valence electrons. The van der Waals surface area contributed by atoms with Crippen molar-refractivity contribution in [2.75, 3.05) is 0 Å². The Hall–Kier alpha value is -2.11. The Kier molecular flexibility index (Phi) is 5.00. The van der Waals surface area contributed by atoms with E-state index >= 15 is 0 Å². The summed E-state index contributed by atoms with van der Waals surface area (Å²) in [4.78, 5) is 25.0. The molecule has 1 aliphatic heterocycles. The molecular formula is C16H22N2O4. The molecule has 0 spiro atoms. The van der Waals surface area contributed by atoms with Gasteiger partial charge in [0.15, 0.2) is 11.9 Å². The maximum absolute atomic E-state index is 12.6. The number of amides is 1. The molecule has 6 nitrogen and oxygen atoms in total. The molecule has 1 amide bonds. The number of rotatable bonds is 4. The minimum atomic E-state index is -0.746. The number of nitro benzene ring substituents is 1. The lowest BCUT2D eigenvalue weighted by Gasteiger charge is -2.40. The second-order valence-electron chi connectivity index (χ2n) is 5.86. The van der Waals surface area contributed by atoms with Crippen LogP contribution in [-0.2, 0) is 4.79 Å². The van der Waals surface area contributed by atoms with Crippen LogP contribution in [-0.4, -0.2) is 33.9 Å². The molecule has 1 heterocycles. The molecule has 3 atom stereocenters. The lowest BCUT2D eigenvalue weighted by atomic mass is 9.97. The molecule has 0 bridgehead atoms. The predicted octanol–water partition coefficient (Wildman–Crippen LogP) is 3.15. The minimum absolute atomic E-state index is 0.113. The highest BCUT2D eigenvalue weighted by Crippen LogP contribution is 2.28. The zero-order valence-electron chi connectivity index (χ0n) is 13.2. The molecule has 0 radical (unpaired) electrons. The number of benzene rings is 1. The zero-order valence-corrected chi connectivity index (χ0v) is 13.2. The van der Waals surface area contributed by atoms with Gasteiger partial charge >= 0.3 is 5.69 Å². The molecular weight excluding hydrogens is 284 g/mol. The van der Waals surface area contributed by atoms with Crippen LogP contribution in [0.25, 0.3) is 0 Å². The van der Waals surface area contributed by atoms with Crippen molar-refractivity contribution >= 4 is 11.6 Å². The van der Waals surface area contributed by atoms with Crippen LogP contribution in [0.4, 0.5) is 5.69 Å². The number of likely N-dealkylation sites (tertiary alicyclic amines) is 1. The average molecular weight is 306 g/mol. The van der Waals surface area contributed by atoms with Crippen LogP contribution in [0.1, 0.15) is 40.0 Å². The van der Waals surface area contributed by atoms with Crippen molar-refractivity contribution in [2.24, 2.45) is 0 Å². The van der Waals surface area contributed by atoms with Gasteiger partial charge in [-0.2, -0.15) is 0 Å². The lowest BCUT2D eigenvalue weighted by molar-refractivity contribution is -0.386. The van der Waals surface area contributed by atoms with Gasteiger partial charge in [-0.3, -0.25) is 14.9 Å². The Morgan fingerprint density at radius 3 is 2.50 bits per heavy atom. The molecule has 1 fully saturated rings. The van der Waals surface area contributed by atoms with Crippen LogP contribution in [0.3, 0.4) is 0 Å². The summed E-state index contributed by atoms with van der Waals surface area (Å²) in [5, 5.41) is 11.0. The van der Waals surface area contributed by atoms with E-state index in [4.69, 9.17) is 4.74 Å². The first-order valence-electron chi connectivity index (χ1n) is 7.64. The van der Waals surface area contributed by atoms with Crippen LogP contribution in [0.2, 0.25) is 0 Å². The van der Waals surface area contributed by atoms with Crippen LogP contribution >= 0.6 is 0 Å². The largest absolute Gasteiger partial charge is 0.474 e. The molecule has 2 rings (SSSR count). The summed E-state index contributed by atoms with van der Waals surface area (Å²) in [5.74, 6) is 0.0171. The molecule has 0 unspecified atom stereocenters. The van der Waals surface area contributed by atoms with Crippen molar-refractivity contribution in [1.29, 1.82) is 0 Å². The van der Waals surface area contributed by atoms with Gasteiger partial charge in [-0.15, -0.1) is 0 Å². The first-order chi connectivity index (χ1) is 10.4. The summed E-state index contributed by atoms with van der Waals surface area (Å²) in [5.41, 5.74) is -0.123. The topological polar surface area (TPSA) is 72.7 Å². The second-order valence-corrected chi connectivity index (χ2v) is 5.86. The van der Waals surface area contributed by atoms with Crippen molar-refractivity contribution < 1.29 is 14.5 Å². The zero-order chi connectivity index (χ0) is 16.3. The number of hydrogen-bond donors (Lipinski definition) is 0. The number of carbonyl (C=O) groups is 1. The Bertz CT molecular complexity index is 551. The smallest absolute Gasteiger partial charge is 0.310 e. The maximum Gasteiger partial charge on any atom is 0.310 e. The Balaban J connectivity index is 2.13. The van der Waals surface area contributed by atoms with Gasteiger partial charge < -0.3 is 9.64 Å². The maximum atomic E-state index is 12.6. The van der Waals surface area contributed by atoms with Gasteiger partial charge in [0.05, 0.1) is 4.92 Å². The van der Waals surface area contributed by atoms with E-state index in [1.54, 1.807) is 19.1 Å². The summed E-state index contributed by atoms with van der Waals surface area (Å²) in [6.07, 6.45) is 2.33. The van der Waals surface area contributed by atoms with Gasteiger partial charge in [-0.1, -0.05) is 12.1 Å². The van der Waals surface area contributed by atoms with E-state index < -0.39 is 11.0 Å². The van der Waals surface area contributed by atoms with Crippen molar-refractivity contribution in [3.63, 3.8) is 0 Å². The quantitative estimate of drug-likeness (QED) is 0.632. The predicted molar refractivity (Wildman–Crippen MR) is 82.8 cm³/mol. The summed E-state index contributed by atoms with van der Waals surface area (Å²) < 4.78 is 5.59. The number of para-hydroxylation sites is 2. The number of hydrogen-bond acceptors (Lipinski definition) is 4. The summed E-state index contributed by atoms with van der Waals surface area (Å²) in [6, 6.07) is 6.47. The van der Waals surface area contributed by atoms with Crippen LogP contribution < -0.4 is 4.74 Å². The molecule has 22 heavy (non-hydrogen) atoms. The van der Waals surface area contributed by atoms with Crippen molar-refractivity contribution in [3.05, 3.63) is 34.4 Å². The monoisotopic (exact) mass is 306 g/mol. The number of nitrogens with zero attached hydrogens (tertiary/aromatic N) is 2. The van der Waals surface area contributed by atoms with Gasteiger partial charge in [0.2, 0.25) is 0 Å². The first kappa shape index (κ1) is 16.3. The SMILES string of the molecule is C[C@@H](Oc1ccccc1[N+](=O)[O-])C(=O)N1[C@@H](C)CCC[C@@H]1C. The summed E-state index contributed by atoms with van der Waals surface area (Å²) in [7, 11) is 0. The minimum Gasteiger partial charge on any atom is -0.474 e. The van der Waals surface area contributed by atoms with Crippen molar-refractivity contribution in [1.82, 2.24) is 4.90 Å². The van der Waals surface area contributed by atoms with Crippen LogP contribution in [0, 0.1) is 10.1 Å². The third-order valence-electron chi connectivity index (χ3n) is 4.16. The van der Waals surface area contributed by atoms with Crippen LogP contribution in [0.5, 0.6) is 5.75 Å². The third-order valence-corrected chi connectivity index (χ3v) is 4.16. The van der Waals surface area contributed by atoms with Crippen molar-refractivity contribution in [3.8, 4) is 5.75 Å². The molecule has 1 aliphatic rings. The second kappa shape index (κ2) is 6.77. The highest BCUT2D eigenvalue weighted by atomic mass is 16.6. The number of piperidine rings is 1. The Morgan fingerprint density at radius 1 is 1.32 bits per heavy atom. The highest BCUT2D eigenvalue weighted by molar-refractivity contribution is 5.81. The van der Waals surface area contributed by atoms with E-state index in [9.17, 15) is 14.9 Å². The molecule has 0 N–H and O–H groups in total. The summed E-state index contributed by atoms with van der Waals surface area (Å²) >= 11 is 0. The molecule has 1 aromatic rings. The number of nitro groups is 1. The standard InChI is InChI=1S/C16H22N2O4/c1-11-7-6-8-12(2)17(11)16(19)13(3)22-15-10-5-4-9-14(15)18(20)21/h4-5,9-13H,6-8H2,1-3H3/t11-,12-,13+/m0/s1. The first-order valence-corrected chi connectivity index (χ1v) is 7.64. The summed E-state index contributed by atoms with van der Waals surface area (Å²) in [6.45, 7) is 5.71. The van der Waals surface area contributed by atoms with Gasteiger partial charge in [0, 0.05) is 18.2 Å². The van der Waals surface area contributed by atoms with E-state index in [0.717, 1.165) is 19.3 Å². The normalized spacial score (nSPS) is 23.0. The number of carbonyl (C=O) groups excluding carboxylic acids is 1. The van der Waals surface area contributed by atoms with Crippen molar-refractivity contribution in [2.45, 2.75) is 58.2 Å². The van der Waals surface area contributed by atoms with Gasteiger partial charge in [-0.05, 0) is 46.1 Å². The Labute approximate surface area is 130 Å². The van der Waals surface area contributed by atoms with Crippen LogP contribution in [0.15, 0.2) is 24.3 Å². The molecule has 1 saturated heterocycles. The fraction of sp³-hybridized carbons (Fsp3) is 0.562. The van der Waals surface area contributed by atoms with Gasteiger partial charge in [0.25, 0.3) is 5.91 Å². The fourth-order valence-corrected chi connectivity index (χ4v) is 3.01. The Morgan fingerprint density at radius 2 is 1.91 bits per heavy atom. The molecule has 1 aromatic carbocycles. The van der Waals surface area contributed by atoms with E-state index in [1.165, 1.54) is 12.1 Å². The van der Waals surface area contributed by atoms with E-state index in [2.05, 4.69) is 0 Å². The molecule has 0 saturated carbocycles. The van der Waals surface area contributed by atoms with Gasteiger partial charge in [-0.25, -0.2) is 0 Å². The highest BCUT2D eigenvalue weighted by Gasteiger charge is 2.33. The van der Waals surface area contributed by atoms with E-state index in [0.29, 0.717) is 0 Å².